The number of rotatable bonds is 9. The van der Waals surface area contributed by atoms with Gasteiger partial charge in [0, 0.05) is 12.8 Å². The van der Waals surface area contributed by atoms with Gasteiger partial charge in [0.15, 0.2) is 0 Å². The van der Waals surface area contributed by atoms with Crippen molar-refractivity contribution in [3.8, 4) is 0 Å². The SMILES string of the molecule is CCCCCCCCNC(=N)/N=C\C(C)=C/C(C)C. The van der Waals surface area contributed by atoms with Crippen molar-refractivity contribution in [1.29, 1.82) is 5.41 Å². The van der Waals surface area contributed by atoms with E-state index in [2.05, 4.69) is 37.2 Å². The molecule has 0 heterocycles. The van der Waals surface area contributed by atoms with Crippen LogP contribution in [0.1, 0.15) is 66.2 Å². The minimum atomic E-state index is 0.269. The second-order valence-electron chi connectivity index (χ2n) is 5.46. The van der Waals surface area contributed by atoms with E-state index in [1.807, 2.05) is 6.92 Å². The Hall–Kier alpha value is -1.12. The van der Waals surface area contributed by atoms with Crippen LogP contribution < -0.4 is 5.32 Å². The van der Waals surface area contributed by atoms with Gasteiger partial charge in [0.2, 0.25) is 5.96 Å². The molecule has 0 radical (unpaired) electrons. The molecule has 0 atom stereocenters. The Bertz CT molecular complexity index is 290. The summed E-state index contributed by atoms with van der Waals surface area (Å²) in [4.78, 5) is 4.10. The molecule has 0 aliphatic rings. The summed E-state index contributed by atoms with van der Waals surface area (Å²) in [6, 6.07) is 0. The molecule has 0 fully saturated rings. The number of nitrogens with one attached hydrogen (secondary N) is 2. The molecule has 0 rings (SSSR count). The minimum Gasteiger partial charge on any atom is -0.355 e. The standard InChI is InChI=1S/C16H31N3/c1-5-6-7-8-9-10-11-18-16(17)19-13-15(4)12-14(2)3/h12-14H,5-11H2,1-4H3,(H2,17,18)/b15-12-,19-13-. The van der Waals surface area contributed by atoms with Crippen LogP contribution in [0.5, 0.6) is 0 Å². The summed E-state index contributed by atoms with van der Waals surface area (Å²) in [5, 5.41) is 10.7. The molecule has 0 amide bonds. The van der Waals surface area contributed by atoms with Gasteiger partial charge in [-0.25, -0.2) is 4.99 Å². The summed E-state index contributed by atoms with van der Waals surface area (Å²) in [7, 11) is 0. The fourth-order valence-corrected chi connectivity index (χ4v) is 1.89. The molecule has 0 aliphatic heterocycles. The highest BCUT2D eigenvalue weighted by Crippen LogP contribution is 2.04. The first-order valence-electron chi connectivity index (χ1n) is 7.61. The number of allylic oxidation sites excluding steroid dienone is 2. The molecular weight excluding hydrogens is 234 g/mol. The lowest BCUT2D eigenvalue weighted by molar-refractivity contribution is 0.601. The molecule has 110 valence electrons. The Morgan fingerprint density at radius 1 is 1.16 bits per heavy atom. The molecule has 19 heavy (non-hydrogen) atoms. The molecule has 0 bridgehead atoms. The van der Waals surface area contributed by atoms with Gasteiger partial charge in [0.05, 0.1) is 0 Å². The van der Waals surface area contributed by atoms with Crippen LogP contribution in [0.2, 0.25) is 0 Å². The van der Waals surface area contributed by atoms with Crippen molar-refractivity contribution in [2.75, 3.05) is 6.54 Å². The summed E-state index contributed by atoms with van der Waals surface area (Å²) in [5.74, 6) is 0.793. The average molecular weight is 265 g/mol. The molecule has 0 aliphatic carbocycles. The van der Waals surface area contributed by atoms with Gasteiger partial charge < -0.3 is 5.32 Å². The molecule has 0 aromatic heterocycles. The number of hydrogen-bond donors (Lipinski definition) is 2. The van der Waals surface area contributed by atoms with E-state index < -0.39 is 0 Å². The molecule has 0 saturated heterocycles. The Morgan fingerprint density at radius 2 is 1.79 bits per heavy atom. The molecular formula is C16H31N3. The van der Waals surface area contributed by atoms with Crippen molar-refractivity contribution in [3.05, 3.63) is 11.6 Å². The van der Waals surface area contributed by atoms with Crippen LogP contribution >= 0.6 is 0 Å². The molecule has 3 heteroatoms. The smallest absolute Gasteiger partial charge is 0.215 e. The van der Waals surface area contributed by atoms with Crippen molar-refractivity contribution >= 4 is 12.2 Å². The maximum Gasteiger partial charge on any atom is 0.215 e. The molecule has 2 N–H and O–H groups in total. The van der Waals surface area contributed by atoms with E-state index in [1.54, 1.807) is 6.21 Å². The van der Waals surface area contributed by atoms with E-state index in [9.17, 15) is 0 Å². The molecule has 0 unspecified atom stereocenters. The molecule has 0 spiro atoms. The lowest BCUT2D eigenvalue weighted by atomic mass is 10.1. The summed E-state index contributed by atoms with van der Waals surface area (Å²) in [5.41, 5.74) is 1.11. The van der Waals surface area contributed by atoms with Gasteiger partial charge in [-0.05, 0) is 24.8 Å². The van der Waals surface area contributed by atoms with Gasteiger partial charge in [0.1, 0.15) is 0 Å². The highest BCUT2D eigenvalue weighted by molar-refractivity contribution is 5.91. The van der Waals surface area contributed by atoms with Crippen LogP contribution in [-0.4, -0.2) is 18.7 Å². The van der Waals surface area contributed by atoms with Crippen molar-refractivity contribution < 1.29 is 0 Å². The summed E-state index contributed by atoms with van der Waals surface area (Å²) < 4.78 is 0. The third-order valence-corrected chi connectivity index (χ3v) is 2.82. The highest BCUT2D eigenvalue weighted by Gasteiger charge is 1.93. The van der Waals surface area contributed by atoms with E-state index in [4.69, 9.17) is 5.41 Å². The number of nitrogens with zero attached hydrogens (tertiary/aromatic N) is 1. The van der Waals surface area contributed by atoms with Gasteiger partial charge in [-0.3, -0.25) is 5.41 Å². The number of guanidine groups is 1. The molecule has 0 saturated carbocycles. The summed E-state index contributed by atoms with van der Waals surface area (Å²) >= 11 is 0. The van der Waals surface area contributed by atoms with E-state index in [0.29, 0.717) is 5.92 Å². The highest BCUT2D eigenvalue weighted by atomic mass is 15.1. The number of unbranched alkanes of at least 4 members (excludes halogenated alkanes) is 5. The van der Waals surface area contributed by atoms with Gasteiger partial charge in [-0.15, -0.1) is 0 Å². The minimum absolute atomic E-state index is 0.269. The normalized spacial score (nSPS) is 12.4. The Kier molecular flexibility index (Phi) is 11.2. The second-order valence-corrected chi connectivity index (χ2v) is 5.46. The Labute approximate surface area is 119 Å². The zero-order chi connectivity index (χ0) is 14.5. The number of hydrogen-bond acceptors (Lipinski definition) is 1. The number of aliphatic imine (C=N–C) groups is 1. The first-order chi connectivity index (χ1) is 9.06. The lowest BCUT2D eigenvalue weighted by Crippen LogP contribution is -2.21. The predicted molar refractivity (Wildman–Crippen MR) is 86.2 cm³/mol. The Morgan fingerprint density at radius 3 is 2.42 bits per heavy atom. The zero-order valence-corrected chi connectivity index (χ0v) is 13.1. The third-order valence-electron chi connectivity index (χ3n) is 2.82. The maximum absolute atomic E-state index is 7.67. The van der Waals surface area contributed by atoms with Crippen molar-refractivity contribution in [1.82, 2.24) is 5.32 Å². The third kappa shape index (κ3) is 13.1. The summed E-state index contributed by atoms with van der Waals surface area (Å²) in [6.45, 7) is 9.38. The first kappa shape index (κ1) is 17.9. The van der Waals surface area contributed by atoms with Gasteiger partial charge in [-0.2, -0.15) is 0 Å². The van der Waals surface area contributed by atoms with Crippen LogP contribution in [0, 0.1) is 11.3 Å². The lowest BCUT2D eigenvalue weighted by Gasteiger charge is -2.04. The van der Waals surface area contributed by atoms with Crippen molar-refractivity contribution in [2.24, 2.45) is 10.9 Å². The Balaban J connectivity index is 3.62. The van der Waals surface area contributed by atoms with Crippen molar-refractivity contribution in [2.45, 2.75) is 66.2 Å². The maximum atomic E-state index is 7.67. The first-order valence-corrected chi connectivity index (χ1v) is 7.61. The fraction of sp³-hybridized carbons (Fsp3) is 0.750. The topological polar surface area (TPSA) is 48.2 Å². The molecule has 0 aromatic rings. The van der Waals surface area contributed by atoms with Gasteiger partial charge >= 0.3 is 0 Å². The molecule has 3 nitrogen and oxygen atoms in total. The van der Waals surface area contributed by atoms with Crippen LogP contribution in [0.15, 0.2) is 16.6 Å². The predicted octanol–water partition coefficient (Wildman–Crippen LogP) is 4.54. The van der Waals surface area contributed by atoms with E-state index >= 15 is 0 Å². The van der Waals surface area contributed by atoms with Crippen LogP contribution in [0.25, 0.3) is 0 Å². The van der Waals surface area contributed by atoms with E-state index in [-0.39, 0.29) is 5.96 Å². The monoisotopic (exact) mass is 265 g/mol. The van der Waals surface area contributed by atoms with Crippen LogP contribution in [0.4, 0.5) is 0 Å². The summed E-state index contributed by atoms with van der Waals surface area (Å²) in [6.07, 6.45) is 11.6. The molecule has 0 aromatic carbocycles. The average Bonchev–Trinajstić information content (AvgIpc) is 2.34. The van der Waals surface area contributed by atoms with Crippen LogP contribution in [-0.2, 0) is 0 Å². The quantitative estimate of drug-likeness (QED) is 0.359. The zero-order valence-electron chi connectivity index (χ0n) is 13.1. The largest absolute Gasteiger partial charge is 0.355 e. The van der Waals surface area contributed by atoms with E-state index in [0.717, 1.165) is 18.5 Å². The second kappa shape index (κ2) is 11.9. The van der Waals surface area contributed by atoms with Crippen LogP contribution in [0.3, 0.4) is 0 Å². The fourth-order valence-electron chi connectivity index (χ4n) is 1.89. The van der Waals surface area contributed by atoms with E-state index in [1.165, 1.54) is 32.1 Å². The van der Waals surface area contributed by atoms with Gasteiger partial charge in [-0.1, -0.05) is 59.0 Å². The van der Waals surface area contributed by atoms with Crippen molar-refractivity contribution in [3.63, 3.8) is 0 Å². The van der Waals surface area contributed by atoms with Gasteiger partial charge in [0.25, 0.3) is 0 Å².